The summed E-state index contributed by atoms with van der Waals surface area (Å²) in [5.74, 6) is 0.607. The first-order valence-electron chi connectivity index (χ1n) is 10.4. The molecule has 148 valence electrons. The van der Waals surface area contributed by atoms with Crippen LogP contribution in [0.3, 0.4) is 0 Å². The van der Waals surface area contributed by atoms with E-state index in [4.69, 9.17) is 9.47 Å². The quantitative estimate of drug-likeness (QED) is 0.357. The molecular formula is C29H20O2. The summed E-state index contributed by atoms with van der Waals surface area (Å²) in [5.41, 5.74) is 4.29. The summed E-state index contributed by atoms with van der Waals surface area (Å²) in [6.07, 6.45) is 8.28. The number of allylic oxidation sites excluding steroid dienone is 2. The Labute approximate surface area is 181 Å². The molecular weight excluding hydrogens is 380 g/mol. The van der Waals surface area contributed by atoms with E-state index in [0.717, 1.165) is 33.8 Å². The molecule has 1 spiro atoms. The zero-order valence-corrected chi connectivity index (χ0v) is 16.9. The van der Waals surface area contributed by atoms with Gasteiger partial charge in [-0.2, -0.15) is 0 Å². The number of fused-ring (bicyclic) bond motifs is 3. The van der Waals surface area contributed by atoms with E-state index >= 15 is 0 Å². The summed E-state index contributed by atoms with van der Waals surface area (Å²) < 4.78 is 13.0. The van der Waals surface area contributed by atoms with Gasteiger partial charge in [-0.3, -0.25) is 0 Å². The molecule has 2 heterocycles. The molecule has 0 radical (unpaired) electrons. The molecule has 0 saturated heterocycles. The highest BCUT2D eigenvalue weighted by Gasteiger charge is 2.37. The van der Waals surface area contributed by atoms with Crippen molar-refractivity contribution >= 4 is 28.2 Å². The average Bonchev–Trinajstić information content (AvgIpc) is 2.84. The smallest absolute Gasteiger partial charge is 0.292 e. The van der Waals surface area contributed by atoms with Crippen molar-refractivity contribution in [3.8, 4) is 5.75 Å². The molecule has 31 heavy (non-hydrogen) atoms. The minimum Gasteiger partial charge on any atom is -0.445 e. The van der Waals surface area contributed by atoms with Crippen molar-refractivity contribution in [3.63, 3.8) is 0 Å². The lowest BCUT2D eigenvalue weighted by molar-refractivity contribution is -0.0521. The first-order valence-corrected chi connectivity index (χ1v) is 10.4. The van der Waals surface area contributed by atoms with Crippen LogP contribution in [0.4, 0.5) is 0 Å². The summed E-state index contributed by atoms with van der Waals surface area (Å²) in [7, 11) is 0. The van der Waals surface area contributed by atoms with E-state index in [1.165, 1.54) is 10.8 Å². The molecule has 0 bridgehead atoms. The van der Waals surface area contributed by atoms with Gasteiger partial charge >= 0.3 is 0 Å². The molecule has 0 fully saturated rings. The van der Waals surface area contributed by atoms with Crippen molar-refractivity contribution in [2.24, 2.45) is 0 Å². The minimum absolute atomic E-state index is 0.788. The van der Waals surface area contributed by atoms with Crippen LogP contribution in [-0.2, 0) is 4.74 Å². The lowest BCUT2D eigenvalue weighted by Crippen LogP contribution is -2.38. The Bertz CT molecular complexity index is 1360. The third-order valence-corrected chi connectivity index (χ3v) is 5.76. The topological polar surface area (TPSA) is 18.5 Å². The van der Waals surface area contributed by atoms with E-state index in [0.29, 0.717) is 0 Å². The zero-order valence-electron chi connectivity index (χ0n) is 16.9. The molecule has 0 amide bonds. The number of hydrogen-bond acceptors (Lipinski definition) is 2. The summed E-state index contributed by atoms with van der Waals surface area (Å²) in [6, 6.07) is 33.0. The predicted molar refractivity (Wildman–Crippen MR) is 126 cm³/mol. The number of benzene rings is 4. The lowest BCUT2D eigenvalue weighted by atomic mass is 9.95. The molecule has 0 aromatic heterocycles. The average molecular weight is 400 g/mol. The van der Waals surface area contributed by atoms with E-state index in [2.05, 4.69) is 72.8 Å². The Morgan fingerprint density at radius 2 is 1.32 bits per heavy atom. The largest absolute Gasteiger partial charge is 0.445 e. The number of rotatable bonds is 2. The second-order valence-electron chi connectivity index (χ2n) is 7.80. The van der Waals surface area contributed by atoms with Gasteiger partial charge < -0.3 is 9.47 Å². The molecule has 0 N–H and O–H groups in total. The van der Waals surface area contributed by atoms with Gasteiger partial charge in [0.25, 0.3) is 5.79 Å². The highest BCUT2D eigenvalue weighted by atomic mass is 16.7. The molecule has 2 heteroatoms. The maximum absolute atomic E-state index is 6.55. The van der Waals surface area contributed by atoms with Gasteiger partial charge in [-0.25, -0.2) is 0 Å². The molecule has 1 unspecified atom stereocenters. The number of hydrogen-bond donors (Lipinski definition) is 0. The van der Waals surface area contributed by atoms with Crippen LogP contribution in [0.2, 0.25) is 0 Å². The number of ether oxygens (including phenoxy) is 2. The highest BCUT2D eigenvalue weighted by molar-refractivity contribution is 5.94. The maximum atomic E-state index is 6.55. The third-order valence-electron chi connectivity index (χ3n) is 5.76. The van der Waals surface area contributed by atoms with Crippen LogP contribution in [0, 0.1) is 0 Å². The summed E-state index contributed by atoms with van der Waals surface area (Å²) in [5, 5.41) is 2.37. The summed E-state index contributed by atoms with van der Waals surface area (Å²) in [4.78, 5) is 0. The highest BCUT2D eigenvalue weighted by Crippen LogP contribution is 2.42. The van der Waals surface area contributed by atoms with Gasteiger partial charge in [0.05, 0.1) is 0 Å². The fraction of sp³-hybridized carbons (Fsp3) is 0.0345. The monoisotopic (exact) mass is 400 g/mol. The Hall–Kier alpha value is -4.04. The molecule has 2 nitrogen and oxygen atoms in total. The van der Waals surface area contributed by atoms with Crippen LogP contribution in [0.5, 0.6) is 5.75 Å². The van der Waals surface area contributed by atoms with Crippen LogP contribution in [0.15, 0.2) is 115 Å². The third kappa shape index (κ3) is 3.13. The van der Waals surface area contributed by atoms with Crippen LogP contribution in [0.25, 0.3) is 28.2 Å². The van der Waals surface area contributed by atoms with Crippen molar-refractivity contribution in [2.45, 2.75) is 5.79 Å². The van der Waals surface area contributed by atoms with Gasteiger partial charge in [0.2, 0.25) is 0 Å². The van der Waals surface area contributed by atoms with Gasteiger partial charge in [0.1, 0.15) is 11.5 Å². The van der Waals surface area contributed by atoms with E-state index in [9.17, 15) is 0 Å². The second-order valence-corrected chi connectivity index (χ2v) is 7.80. The standard InChI is InChI=1S/C29H20O2/c1-3-9-21(10-4-1)24-19-28(23-12-5-2-6-13-23)31-29(20-24)18-17-26-25-14-8-7-11-22(25)15-16-27(26)30-29/h1-20H. The molecule has 0 aliphatic carbocycles. The Kier molecular flexibility index (Phi) is 4.03. The van der Waals surface area contributed by atoms with Crippen molar-refractivity contribution in [2.75, 3.05) is 0 Å². The predicted octanol–water partition coefficient (Wildman–Crippen LogP) is 7.10. The first-order chi connectivity index (χ1) is 15.3. The Balaban J connectivity index is 1.49. The molecule has 6 rings (SSSR count). The van der Waals surface area contributed by atoms with Gasteiger partial charge in [-0.1, -0.05) is 91.0 Å². The SMILES string of the molecule is C1=CC2(C=C(c3ccccc3)C=C(c3ccccc3)O2)Oc2ccc3ccccc3c21. The van der Waals surface area contributed by atoms with Crippen LogP contribution >= 0.6 is 0 Å². The molecule has 4 aromatic rings. The molecule has 2 aliphatic rings. The van der Waals surface area contributed by atoms with Crippen LogP contribution < -0.4 is 4.74 Å². The van der Waals surface area contributed by atoms with E-state index in [-0.39, 0.29) is 0 Å². The Morgan fingerprint density at radius 3 is 2.13 bits per heavy atom. The van der Waals surface area contributed by atoms with Crippen LogP contribution in [-0.4, -0.2) is 5.79 Å². The van der Waals surface area contributed by atoms with E-state index < -0.39 is 5.79 Å². The maximum Gasteiger partial charge on any atom is 0.292 e. The normalized spacial score (nSPS) is 19.2. The molecule has 0 saturated carbocycles. The summed E-state index contributed by atoms with van der Waals surface area (Å²) >= 11 is 0. The van der Waals surface area contributed by atoms with E-state index in [1.807, 2.05) is 48.5 Å². The molecule has 4 aromatic carbocycles. The zero-order chi connectivity index (χ0) is 20.7. The lowest BCUT2D eigenvalue weighted by Gasteiger charge is -2.36. The van der Waals surface area contributed by atoms with Crippen molar-refractivity contribution in [1.82, 2.24) is 0 Å². The fourth-order valence-electron chi connectivity index (χ4n) is 4.25. The Morgan fingerprint density at radius 1 is 0.613 bits per heavy atom. The summed E-state index contributed by atoms with van der Waals surface area (Å²) in [6.45, 7) is 0. The van der Waals surface area contributed by atoms with Gasteiger partial charge in [0.15, 0.2) is 0 Å². The molecule has 1 atom stereocenters. The fourth-order valence-corrected chi connectivity index (χ4v) is 4.25. The minimum atomic E-state index is -0.999. The van der Waals surface area contributed by atoms with E-state index in [1.54, 1.807) is 0 Å². The van der Waals surface area contributed by atoms with Gasteiger partial charge in [-0.05, 0) is 40.1 Å². The van der Waals surface area contributed by atoms with Crippen molar-refractivity contribution in [1.29, 1.82) is 0 Å². The van der Waals surface area contributed by atoms with Crippen LogP contribution in [0.1, 0.15) is 16.7 Å². The molecule has 2 aliphatic heterocycles. The first kappa shape index (κ1) is 17.8. The van der Waals surface area contributed by atoms with Crippen molar-refractivity contribution in [3.05, 3.63) is 132 Å². The van der Waals surface area contributed by atoms with Gasteiger partial charge in [0, 0.05) is 23.3 Å². The second kappa shape index (κ2) is 7.03. The van der Waals surface area contributed by atoms with Gasteiger partial charge in [-0.15, -0.1) is 0 Å². The van der Waals surface area contributed by atoms with Crippen molar-refractivity contribution < 1.29 is 9.47 Å².